The van der Waals surface area contributed by atoms with E-state index >= 15 is 0 Å². The number of carbonyl (C=O) groups excluding carboxylic acids is 1. The highest BCUT2D eigenvalue weighted by molar-refractivity contribution is 5.89. The number of aliphatic hydroxyl groups excluding tert-OH is 4. The molecule has 3 aliphatic heterocycles. The highest BCUT2D eigenvalue weighted by Crippen LogP contribution is 2.36. The van der Waals surface area contributed by atoms with E-state index < -0.39 is 73.1 Å². The highest BCUT2D eigenvalue weighted by atomic mass is 16.7. The Hall–Kier alpha value is -3.73. The van der Waals surface area contributed by atoms with Crippen molar-refractivity contribution in [2.24, 2.45) is 0 Å². The van der Waals surface area contributed by atoms with Crippen molar-refractivity contribution in [1.29, 1.82) is 0 Å². The molecule has 1 fully saturated rings. The van der Waals surface area contributed by atoms with Crippen LogP contribution in [0.15, 0.2) is 35.6 Å². The molecule has 0 saturated carbocycles. The second-order valence-corrected chi connectivity index (χ2v) is 9.48. The summed E-state index contributed by atoms with van der Waals surface area (Å²) in [4.78, 5) is 35.1. The lowest BCUT2D eigenvalue weighted by Gasteiger charge is -2.39. The zero-order valence-corrected chi connectivity index (χ0v) is 20.3. The largest absolute Gasteiger partial charge is 0.544 e. The van der Waals surface area contributed by atoms with Gasteiger partial charge in [-0.15, -0.1) is 0 Å². The third-order valence-electron chi connectivity index (χ3n) is 6.96. The third kappa shape index (κ3) is 5.68. The molecule has 212 valence electrons. The maximum atomic E-state index is 11.9. The van der Waals surface area contributed by atoms with Crippen molar-refractivity contribution in [1.82, 2.24) is 5.32 Å². The fourth-order valence-corrected chi connectivity index (χ4v) is 4.89. The van der Waals surface area contributed by atoms with Crippen molar-refractivity contribution in [3.63, 3.8) is 0 Å². The molecule has 0 aromatic heterocycles. The summed E-state index contributed by atoms with van der Waals surface area (Å²) in [6, 6.07) is 0.275. The lowest BCUT2D eigenvalue weighted by molar-refractivity contribution is -0.840. The summed E-state index contributed by atoms with van der Waals surface area (Å²) >= 11 is 0. The third-order valence-corrected chi connectivity index (χ3v) is 6.96. The second kappa shape index (κ2) is 11.2. The van der Waals surface area contributed by atoms with E-state index in [-0.39, 0.29) is 30.8 Å². The summed E-state index contributed by atoms with van der Waals surface area (Å²) in [7, 11) is 0. The average Bonchev–Trinajstić information content (AvgIpc) is 3.24. The standard InChI is InChI=1S/C24H28N2O13/c27-8-17-18(29)19(30)20(31)24(39-17)38-16-6-10-5-14(23(36)37)26(13(10)7-15(16)28)2-1-9-3-11(21(32)33)25-12(4-9)22(34)35/h1,3,6-7,12,14,17-20,24-25,27-31H,2,4-5,8H2,(H,32,33)(H,34,35)(H,36,37)/t12-,14+,17-,18-,19+,20-,24-/m1/s1. The number of rotatable bonds is 8. The summed E-state index contributed by atoms with van der Waals surface area (Å²) in [6.07, 6.45) is -5.17. The van der Waals surface area contributed by atoms with Crippen LogP contribution < -0.4 is 20.1 Å². The molecular weight excluding hydrogens is 524 g/mol. The summed E-state index contributed by atoms with van der Waals surface area (Å²) in [5, 5.41) is 83.0. The number of hydrogen-bond donors (Lipinski definition) is 9. The van der Waals surface area contributed by atoms with Crippen LogP contribution in [0.2, 0.25) is 0 Å². The molecule has 3 aliphatic rings. The molecule has 9 N–H and O–H groups in total. The molecule has 1 unspecified atom stereocenters. The molecule has 0 spiro atoms. The average molecular weight is 552 g/mol. The maximum absolute atomic E-state index is 11.9. The zero-order chi connectivity index (χ0) is 28.6. The predicted octanol–water partition coefficient (Wildman–Crippen LogP) is -4.90. The summed E-state index contributed by atoms with van der Waals surface area (Å²) in [5.41, 5.74) is 0.848. The van der Waals surface area contributed by atoms with Gasteiger partial charge in [0.15, 0.2) is 11.5 Å². The summed E-state index contributed by atoms with van der Waals surface area (Å²) in [5.74, 6) is -4.68. The number of carboxylic acids is 3. The molecule has 0 radical (unpaired) electrons. The van der Waals surface area contributed by atoms with Gasteiger partial charge in [0.1, 0.15) is 60.4 Å². The maximum Gasteiger partial charge on any atom is 0.351 e. The van der Waals surface area contributed by atoms with Gasteiger partial charge in [-0.3, -0.25) is 4.90 Å². The van der Waals surface area contributed by atoms with Gasteiger partial charge in [0.2, 0.25) is 6.29 Å². The first-order valence-corrected chi connectivity index (χ1v) is 11.9. The van der Waals surface area contributed by atoms with Crippen LogP contribution in [0.1, 0.15) is 12.0 Å². The lowest BCUT2D eigenvalue weighted by atomic mass is 9.99. The van der Waals surface area contributed by atoms with Crippen LogP contribution in [-0.2, 0) is 25.5 Å². The smallest absolute Gasteiger partial charge is 0.351 e. The Morgan fingerprint density at radius 1 is 1.13 bits per heavy atom. The van der Waals surface area contributed by atoms with E-state index in [0.29, 0.717) is 21.7 Å². The molecule has 1 aromatic rings. The van der Waals surface area contributed by atoms with Gasteiger partial charge < -0.3 is 60.4 Å². The molecule has 8 atom stereocenters. The molecule has 1 saturated heterocycles. The SMILES string of the molecule is O=C(O)C1=CC(=CC[NH+]2c3cc(O)c(O[C@@H]4O[C@H](CO)[C@@H](O)[C@H](O)[C@H]4O)cc3C[C@H]2C(=O)[O-])C[C@H](C(=O)O)N1. The van der Waals surface area contributed by atoms with Crippen molar-refractivity contribution in [2.45, 2.75) is 55.6 Å². The number of aromatic hydroxyl groups is 1. The minimum atomic E-state index is -1.73. The Balaban J connectivity index is 1.59. The first-order chi connectivity index (χ1) is 18.4. The number of aliphatic hydroxyl groups is 4. The normalized spacial score (nSPS) is 33.1. The van der Waals surface area contributed by atoms with Gasteiger partial charge in [0.25, 0.3) is 0 Å². The van der Waals surface area contributed by atoms with Gasteiger partial charge in [-0.2, -0.15) is 0 Å². The van der Waals surface area contributed by atoms with Gasteiger partial charge >= 0.3 is 11.9 Å². The summed E-state index contributed by atoms with van der Waals surface area (Å²) < 4.78 is 10.8. The number of hydrogen-bond acceptors (Lipinski definition) is 12. The van der Waals surface area contributed by atoms with Crippen molar-refractivity contribution >= 4 is 23.6 Å². The first-order valence-electron chi connectivity index (χ1n) is 11.9. The molecule has 4 rings (SSSR count). The molecule has 0 amide bonds. The molecule has 15 nitrogen and oxygen atoms in total. The zero-order valence-electron chi connectivity index (χ0n) is 20.3. The van der Waals surface area contributed by atoms with Crippen molar-refractivity contribution in [3.8, 4) is 11.5 Å². The minimum absolute atomic E-state index is 0.0108. The van der Waals surface area contributed by atoms with Gasteiger partial charge in [-0.25, -0.2) is 9.59 Å². The lowest BCUT2D eigenvalue weighted by Crippen LogP contribution is -3.11. The Kier molecular flexibility index (Phi) is 8.10. The molecule has 39 heavy (non-hydrogen) atoms. The van der Waals surface area contributed by atoms with E-state index in [2.05, 4.69) is 5.32 Å². The minimum Gasteiger partial charge on any atom is -0.544 e. The van der Waals surface area contributed by atoms with Gasteiger partial charge in [-0.1, -0.05) is 0 Å². The van der Waals surface area contributed by atoms with Gasteiger partial charge in [0.05, 0.1) is 6.61 Å². The molecule has 1 aromatic carbocycles. The highest BCUT2D eigenvalue weighted by Gasteiger charge is 2.45. The number of ether oxygens (including phenoxy) is 2. The van der Waals surface area contributed by atoms with Crippen LogP contribution in [0.5, 0.6) is 11.5 Å². The van der Waals surface area contributed by atoms with Crippen LogP contribution in [0.3, 0.4) is 0 Å². The fourth-order valence-electron chi connectivity index (χ4n) is 4.89. The Morgan fingerprint density at radius 3 is 2.46 bits per heavy atom. The fraction of sp³-hybridized carbons (Fsp3) is 0.458. The first kappa shape index (κ1) is 28.3. The number of carboxylic acid groups (broad SMARTS) is 3. The number of aliphatic carboxylic acids is 3. The Morgan fingerprint density at radius 2 is 1.85 bits per heavy atom. The molecule has 0 bridgehead atoms. The topological polar surface area (TPSA) is 251 Å². The number of carbonyl (C=O) groups is 3. The van der Waals surface area contributed by atoms with E-state index in [4.69, 9.17) is 9.47 Å². The Bertz CT molecular complexity index is 1210. The molecular formula is C24H28N2O13. The summed E-state index contributed by atoms with van der Waals surface area (Å²) in [6.45, 7) is -0.697. The second-order valence-electron chi connectivity index (χ2n) is 9.48. The molecule has 15 heteroatoms. The van der Waals surface area contributed by atoms with E-state index in [1.54, 1.807) is 0 Å². The molecule has 3 heterocycles. The number of quaternary nitrogens is 1. The van der Waals surface area contributed by atoms with Crippen molar-refractivity contribution in [3.05, 3.63) is 41.1 Å². The van der Waals surface area contributed by atoms with Gasteiger partial charge in [0, 0.05) is 24.5 Å². The van der Waals surface area contributed by atoms with Crippen LogP contribution in [-0.4, -0.2) is 110 Å². The molecule has 0 aliphatic carbocycles. The Labute approximate surface area is 220 Å². The monoisotopic (exact) mass is 552 g/mol. The van der Waals surface area contributed by atoms with Crippen LogP contribution in [0.25, 0.3) is 0 Å². The van der Waals surface area contributed by atoms with E-state index in [9.17, 15) is 55.2 Å². The number of phenols is 1. The van der Waals surface area contributed by atoms with Gasteiger partial charge in [-0.05, 0) is 23.8 Å². The number of allylic oxidation sites excluding steroid dienone is 1. The van der Waals surface area contributed by atoms with E-state index in [1.165, 1.54) is 24.3 Å². The number of nitrogens with one attached hydrogen (secondary N) is 2. The number of phenolic OH excluding ortho intramolecular Hbond substituents is 1. The van der Waals surface area contributed by atoms with Crippen LogP contribution in [0, 0.1) is 0 Å². The van der Waals surface area contributed by atoms with Crippen molar-refractivity contribution in [2.75, 3.05) is 13.2 Å². The van der Waals surface area contributed by atoms with Crippen molar-refractivity contribution < 1.29 is 69.6 Å². The number of benzene rings is 1. The van der Waals surface area contributed by atoms with Crippen LogP contribution in [0.4, 0.5) is 5.69 Å². The quantitative estimate of drug-likeness (QED) is 0.147. The predicted molar refractivity (Wildman–Crippen MR) is 123 cm³/mol. The van der Waals surface area contributed by atoms with E-state index in [0.717, 1.165) is 0 Å². The van der Waals surface area contributed by atoms with Crippen LogP contribution >= 0.6 is 0 Å². The van der Waals surface area contributed by atoms with E-state index in [1.807, 2.05) is 0 Å². The number of fused-ring (bicyclic) bond motifs is 1.